The molecule has 4 aromatic rings. The number of nitrogens with zero attached hydrogens (tertiary/aromatic N) is 3. The normalized spacial score (nSPS) is 13.7. The highest BCUT2D eigenvalue weighted by Crippen LogP contribution is 2.22. The molecule has 1 aliphatic rings. The summed E-state index contributed by atoms with van der Waals surface area (Å²) in [6.07, 6.45) is 0. The number of benzene rings is 3. The van der Waals surface area contributed by atoms with Crippen LogP contribution in [-0.4, -0.2) is 53.6 Å². The highest BCUT2D eigenvalue weighted by Gasteiger charge is 2.22. The molecule has 2 heterocycles. The van der Waals surface area contributed by atoms with E-state index >= 15 is 0 Å². The largest absolute Gasteiger partial charge is 0.368 e. The lowest BCUT2D eigenvalue weighted by molar-refractivity contribution is -0.683. The first-order chi connectivity index (χ1) is 17.5. The number of aryl methyl sites for hydroxylation is 2. The topological polar surface area (TPSA) is 72.3 Å². The van der Waals surface area contributed by atoms with Crippen molar-refractivity contribution in [2.45, 2.75) is 12.1 Å². The predicted molar refractivity (Wildman–Crippen MR) is 145 cm³/mol. The van der Waals surface area contributed by atoms with Crippen molar-refractivity contribution in [3.63, 3.8) is 0 Å². The van der Waals surface area contributed by atoms with Crippen molar-refractivity contribution in [2.24, 2.45) is 7.05 Å². The number of aromatic amines is 1. The van der Waals surface area contributed by atoms with Gasteiger partial charge >= 0.3 is 5.16 Å². The van der Waals surface area contributed by atoms with E-state index in [-0.39, 0.29) is 11.8 Å². The minimum atomic E-state index is -0.0466. The SMILES string of the molecule is Cc1cccc(C(=O)N2CCN(c3ccc(NC(=O)CSc4[nH]c5ccccc5[n+]4C)cc3)CC2)c1. The molecule has 0 unspecified atom stereocenters. The van der Waals surface area contributed by atoms with Crippen LogP contribution >= 0.6 is 11.8 Å². The highest BCUT2D eigenvalue weighted by atomic mass is 32.2. The number of nitrogens with one attached hydrogen (secondary N) is 2. The molecule has 7 nitrogen and oxygen atoms in total. The number of thioether (sulfide) groups is 1. The van der Waals surface area contributed by atoms with Gasteiger partial charge in [-0.3, -0.25) is 9.59 Å². The second-order valence-corrected chi connectivity index (χ2v) is 10.0. The molecule has 1 fully saturated rings. The molecule has 2 N–H and O–H groups in total. The van der Waals surface area contributed by atoms with Crippen molar-refractivity contribution >= 4 is 46.0 Å². The van der Waals surface area contributed by atoms with E-state index in [1.54, 1.807) is 0 Å². The number of fused-ring (bicyclic) bond motifs is 1. The van der Waals surface area contributed by atoms with Gasteiger partial charge in [0.2, 0.25) is 5.91 Å². The van der Waals surface area contributed by atoms with Gasteiger partial charge in [-0.1, -0.05) is 29.8 Å². The van der Waals surface area contributed by atoms with Crippen molar-refractivity contribution in [1.82, 2.24) is 9.88 Å². The van der Waals surface area contributed by atoms with E-state index in [0.717, 1.165) is 51.8 Å². The minimum absolute atomic E-state index is 0.0466. The minimum Gasteiger partial charge on any atom is -0.368 e. The molecule has 2 amide bonds. The molecule has 1 aliphatic heterocycles. The van der Waals surface area contributed by atoms with Crippen LogP contribution in [0.3, 0.4) is 0 Å². The number of amides is 2. The number of rotatable bonds is 6. The third kappa shape index (κ3) is 5.23. The number of piperazine rings is 1. The van der Waals surface area contributed by atoms with Gasteiger partial charge < -0.3 is 15.1 Å². The Hall–Kier alpha value is -3.78. The molecule has 5 rings (SSSR count). The summed E-state index contributed by atoms with van der Waals surface area (Å²) in [5, 5.41) is 3.93. The molecular formula is C28H30N5O2S+. The predicted octanol–water partition coefficient (Wildman–Crippen LogP) is 3.99. The lowest BCUT2D eigenvalue weighted by atomic mass is 10.1. The number of anilines is 2. The molecule has 0 atom stereocenters. The van der Waals surface area contributed by atoms with Gasteiger partial charge in [0.25, 0.3) is 5.91 Å². The second kappa shape index (κ2) is 10.5. The number of H-pyrrole nitrogens is 1. The van der Waals surface area contributed by atoms with E-state index < -0.39 is 0 Å². The van der Waals surface area contributed by atoms with Crippen LogP contribution in [0.4, 0.5) is 11.4 Å². The number of carbonyl (C=O) groups is 2. The zero-order chi connectivity index (χ0) is 25.1. The summed E-state index contributed by atoms with van der Waals surface area (Å²) >= 11 is 1.48. The standard InChI is InChI=1S/C28H29N5O2S/c1-20-6-5-7-21(18-20)27(35)33-16-14-32(15-17-33)23-12-10-22(11-13-23)29-26(34)19-36-28-30-24-8-3-4-9-25(24)31(28)2/h3-13,18H,14-17,19H2,1-2H3,(H,29,34)/p+1. The zero-order valence-corrected chi connectivity index (χ0v) is 21.3. The van der Waals surface area contributed by atoms with Crippen molar-refractivity contribution < 1.29 is 14.2 Å². The van der Waals surface area contributed by atoms with Crippen molar-refractivity contribution in [3.05, 3.63) is 83.9 Å². The van der Waals surface area contributed by atoms with E-state index in [4.69, 9.17) is 0 Å². The highest BCUT2D eigenvalue weighted by molar-refractivity contribution is 7.99. The number of para-hydroxylation sites is 2. The van der Waals surface area contributed by atoms with Gasteiger partial charge in [-0.05, 0) is 67.2 Å². The Morgan fingerprint density at radius 2 is 1.72 bits per heavy atom. The van der Waals surface area contributed by atoms with E-state index in [1.807, 2.05) is 85.6 Å². The maximum atomic E-state index is 12.8. The molecule has 0 bridgehead atoms. The Kier molecular flexibility index (Phi) is 6.95. The van der Waals surface area contributed by atoms with Gasteiger partial charge in [0.15, 0.2) is 11.0 Å². The van der Waals surface area contributed by atoms with Gasteiger partial charge in [0.05, 0.1) is 12.8 Å². The molecule has 36 heavy (non-hydrogen) atoms. The summed E-state index contributed by atoms with van der Waals surface area (Å²) < 4.78 is 2.07. The molecule has 1 saturated heterocycles. The average Bonchev–Trinajstić information content (AvgIpc) is 3.23. The summed E-state index contributed by atoms with van der Waals surface area (Å²) in [7, 11) is 2.00. The first kappa shape index (κ1) is 23.9. The lowest BCUT2D eigenvalue weighted by Gasteiger charge is -2.36. The Morgan fingerprint density at radius 3 is 2.44 bits per heavy atom. The van der Waals surface area contributed by atoms with Crippen LogP contribution < -0.4 is 14.8 Å². The van der Waals surface area contributed by atoms with E-state index in [2.05, 4.69) is 25.8 Å². The van der Waals surface area contributed by atoms with Gasteiger partial charge in [0.1, 0.15) is 0 Å². The Labute approximate surface area is 215 Å². The lowest BCUT2D eigenvalue weighted by Crippen LogP contribution is -2.48. The fraction of sp³-hybridized carbons (Fsp3) is 0.250. The van der Waals surface area contributed by atoms with Crippen LogP contribution in [0, 0.1) is 6.92 Å². The smallest absolute Gasteiger partial charge is 0.317 e. The van der Waals surface area contributed by atoms with Gasteiger partial charge in [0, 0.05) is 43.1 Å². The third-order valence-corrected chi connectivity index (χ3v) is 7.56. The van der Waals surface area contributed by atoms with E-state index in [1.165, 1.54) is 11.8 Å². The summed E-state index contributed by atoms with van der Waals surface area (Å²) in [6.45, 7) is 4.94. The third-order valence-electron chi connectivity index (χ3n) is 6.50. The van der Waals surface area contributed by atoms with Crippen LogP contribution in [0.5, 0.6) is 0 Å². The van der Waals surface area contributed by atoms with Crippen molar-refractivity contribution in [3.8, 4) is 0 Å². The van der Waals surface area contributed by atoms with E-state index in [0.29, 0.717) is 18.8 Å². The average molecular weight is 501 g/mol. The fourth-order valence-electron chi connectivity index (χ4n) is 4.53. The number of imidazole rings is 1. The van der Waals surface area contributed by atoms with Crippen LogP contribution in [0.2, 0.25) is 0 Å². The summed E-state index contributed by atoms with van der Waals surface area (Å²) in [6, 6.07) is 23.8. The molecule has 3 aromatic carbocycles. The van der Waals surface area contributed by atoms with E-state index in [9.17, 15) is 9.59 Å². The Bertz CT molecular complexity index is 1390. The van der Waals surface area contributed by atoms with Gasteiger partial charge in [-0.15, -0.1) is 0 Å². The molecule has 0 aliphatic carbocycles. The number of aromatic nitrogens is 2. The van der Waals surface area contributed by atoms with Crippen LogP contribution in [0.15, 0.2) is 78.0 Å². The monoisotopic (exact) mass is 500 g/mol. The maximum Gasteiger partial charge on any atom is 0.317 e. The number of hydrogen-bond acceptors (Lipinski definition) is 4. The molecule has 1 aromatic heterocycles. The molecule has 0 spiro atoms. The Balaban J connectivity index is 1.12. The quantitative estimate of drug-likeness (QED) is 0.310. The first-order valence-electron chi connectivity index (χ1n) is 12.1. The zero-order valence-electron chi connectivity index (χ0n) is 20.5. The maximum absolute atomic E-state index is 12.8. The molecule has 8 heteroatoms. The fourth-order valence-corrected chi connectivity index (χ4v) is 5.34. The second-order valence-electron chi connectivity index (χ2n) is 9.04. The van der Waals surface area contributed by atoms with Crippen LogP contribution in [0.25, 0.3) is 11.0 Å². The van der Waals surface area contributed by atoms with Crippen LogP contribution in [0.1, 0.15) is 15.9 Å². The molecular weight excluding hydrogens is 470 g/mol. The number of carbonyl (C=O) groups excluding carboxylic acids is 2. The first-order valence-corrected chi connectivity index (χ1v) is 13.1. The van der Waals surface area contributed by atoms with Crippen LogP contribution in [-0.2, 0) is 11.8 Å². The van der Waals surface area contributed by atoms with Gasteiger partial charge in [-0.2, -0.15) is 0 Å². The van der Waals surface area contributed by atoms with Crippen molar-refractivity contribution in [2.75, 3.05) is 42.1 Å². The Morgan fingerprint density at radius 1 is 0.972 bits per heavy atom. The molecule has 184 valence electrons. The summed E-state index contributed by atoms with van der Waals surface area (Å²) in [5.41, 5.74) is 5.88. The van der Waals surface area contributed by atoms with Gasteiger partial charge in [-0.25, -0.2) is 9.55 Å². The number of hydrogen-bond donors (Lipinski definition) is 2. The van der Waals surface area contributed by atoms with Crippen molar-refractivity contribution in [1.29, 1.82) is 0 Å². The summed E-state index contributed by atoms with van der Waals surface area (Å²) in [5.74, 6) is 0.365. The summed E-state index contributed by atoms with van der Waals surface area (Å²) in [4.78, 5) is 32.9. The molecule has 0 saturated carbocycles. The molecule has 0 radical (unpaired) electrons.